The lowest BCUT2D eigenvalue weighted by Gasteiger charge is -2.30. The van der Waals surface area contributed by atoms with Gasteiger partial charge in [-0.3, -0.25) is 0 Å². The zero-order valence-corrected chi connectivity index (χ0v) is 13.3. The van der Waals surface area contributed by atoms with Crippen molar-refractivity contribution in [2.24, 2.45) is 0 Å². The molecule has 0 bridgehead atoms. The SMILES string of the molecule is C#CC(O)(c1ccc(C#N)cc1)c1ccc(N2CCOCC2)cc1. The summed E-state index contributed by atoms with van der Waals surface area (Å²) in [6.45, 7) is 3.16. The molecule has 4 heteroatoms. The second kappa shape index (κ2) is 6.76. The second-order valence-electron chi connectivity index (χ2n) is 5.69. The van der Waals surface area contributed by atoms with Crippen molar-refractivity contribution >= 4 is 5.69 Å². The fourth-order valence-corrected chi connectivity index (χ4v) is 2.85. The molecule has 1 heterocycles. The summed E-state index contributed by atoms with van der Waals surface area (Å²) in [5, 5.41) is 19.9. The summed E-state index contributed by atoms with van der Waals surface area (Å²) in [7, 11) is 0. The van der Waals surface area contributed by atoms with E-state index in [1.54, 1.807) is 24.3 Å². The van der Waals surface area contributed by atoms with E-state index in [9.17, 15) is 5.11 Å². The third kappa shape index (κ3) is 2.98. The van der Waals surface area contributed by atoms with E-state index in [4.69, 9.17) is 16.4 Å². The molecule has 1 aliphatic rings. The number of aliphatic hydroxyl groups is 1. The third-order valence-corrected chi connectivity index (χ3v) is 4.30. The largest absolute Gasteiger partial charge is 0.378 e. The van der Waals surface area contributed by atoms with Gasteiger partial charge in [0.2, 0.25) is 0 Å². The summed E-state index contributed by atoms with van der Waals surface area (Å²) in [6, 6.07) is 16.4. The summed E-state index contributed by atoms with van der Waals surface area (Å²) in [4.78, 5) is 2.24. The van der Waals surface area contributed by atoms with Gasteiger partial charge in [0.25, 0.3) is 0 Å². The van der Waals surface area contributed by atoms with Crippen LogP contribution in [-0.4, -0.2) is 31.4 Å². The standard InChI is InChI=1S/C20H18N2O2/c1-2-20(23,17-5-3-16(15-21)4-6-17)18-7-9-19(10-8-18)22-11-13-24-14-12-22/h1,3-10,23H,11-14H2. The van der Waals surface area contributed by atoms with Crippen molar-refractivity contribution < 1.29 is 9.84 Å². The van der Waals surface area contributed by atoms with Gasteiger partial charge in [0.15, 0.2) is 5.60 Å². The van der Waals surface area contributed by atoms with Gasteiger partial charge in [0.1, 0.15) is 0 Å². The smallest absolute Gasteiger partial charge is 0.176 e. The van der Waals surface area contributed by atoms with Crippen LogP contribution in [0.15, 0.2) is 48.5 Å². The highest BCUT2D eigenvalue weighted by molar-refractivity contribution is 5.52. The number of hydrogen-bond donors (Lipinski definition) is 1. The number of anilines is 1. The minimum Gasteiger partial charge on any atom is -0.378 e. The molecule has 0 radical (unpaired) electrons. The van der Waals surface area contributed by atoms with E-state index in [1.165, 1.54) is 0 Å². The van der Waals surface area contributed by atoms with Crippen molar-refractivity contribution in [2.75, 3.05) is 31.2 Å². The Morgan fingerprint density at radius 1 is 1.00 bits per heavy atom. The van der Waals surface area contributed by atoms with Crippen LogP contribution in [0.4, 0.5) is 5.69 Å². The maximum atomic E-state index is 11.0. The highest BCUT2D eigenvalue weighted by Gasteiger charge is 2.29. The molecule has 2 aromatic rings. The Morgan fingerprint density at radius 3 is 2.04 bits per heavy atom. The van der Waals surface area contributed by atoms with E-state index in [2.05, 4.69) is 16.9 Å². The lowest BCUT2D eigenvalue weighted by atomic mass is 9.86. The fraction of sp³-hybridized carbons (Fsp3) is 0.250. The van der Waals surface area contributed by atoms with Crippen molar-refractivity contribution in [3.8, 4) is 18.4 Å². The van der Waals surface area contributed by atoms with Crippen molar-refractivity contribution in [1.82, 2.24) is 0 Å². The van der Waals surface area contributed by atoms with Gasteiger partial charge < -0.3 is 14.7 Å². The molecule has 2 aromatic carbocycles. The van der Waals surface area contributed by atoms with E-state index in [-0.39, 0.29) is 0 Å². The molecule has 1 atom stereocenters. The number of nitrogens with zero attached hydrogens (tertiary/aromatic N) is 2. The maximum absolute atomic E-state index is 11.0. The molecule has 0 aliphatic carbocycles. The summed E-state index contributed by atoms with van der Waals surface area (Å²) in [6.07, 6.45) is 5.63. The predicted molar refractivity (Wildman–Crippen MR) is 92.5 cm³/mol. The first-order chi connectivity index (χ1) is 11.7. The Kier molecular flexibility index (Phi) is 4.53. The van der Waals surface area contributed by atoms with Gasteiger partial charge in [0.05, 0.1) is 24.8 Å². The topological polar surface area (TPSA) is 56.5 Å². The normalized spacial score (nSPS) is 16.7. The number of hydrogen-bond acceptors (Lipinski definition) is 4. The van der Waals surface area contributed by atoms with Crippen LogP contribution in [0.2, 0.25) is 0 Å². The van der Waals surface area contributed by atoms with Gasteiger partial charge in [-0.25, -0.2) is 0 Å². The highest BCUT2D eigenvalue weighted by Crippen LogP contribution is 2.30. The number of ether oxygens (including phenoxy) is 1. The van der Waals surface area contributed by atoms with Crippen LogP contribution in [0.3, 0.4) is 0 Å². The lowest BCUT2D eigenvalue weighted by molar-refractivity contribution is 0.122. The molecular formula is C20H18N2O2. The molecule has 1 unspecified atom stereocenters. The Bertz CT molecular complexity index is 778. The molecule has 0 amide bonds. The van der Waals surface area contributed by atoms with Gasteiger partial charge in [-0.1, -0.05) is 30.2 Å². The molecule has 120 valence electrons. The first-order valence-corrected chi connectivity index (χ1v) is 7.81. The minimum atomic E-state index is -1.52. The van der Waals surface area contributed by atoms with E-state index in [0.29, 0.717) is 16.7 Å². The number of morpholine rings is 1. The molecule has 4 nitrogen and oxygen atoms in total. The first-order valence-electron chi connectivity index (χ1n) is 7.81. The molecular weight excluding hydrogens is 300 g/mol. The molecule has 3 rings (SSSR count). The molecule has 24 heavy (non-hydrogen) atoms. The number of terminal acetylenes is 1. The zero-order chi connectivity index (χ0) is 17.0. The fourth-order valence-electron chi connectivity index (χ4n) is 2.85. The summed E-state index contributed by atoms with van der Waals surface area (Å²) in [5.74, 6) is 2.49. The van der Waals surface area contributed by atoms with Gasteiger partial charge in [0, 0.05) is 29.9 Å². The number of benzene rings is 2. The van der Waals surface area contributed by atoms with Crippen molar-refractivity contribution in [3.05, 3.63) is 65.2 Å². The predicted octanol–water partition coefficient (Wildman–Crippen LogP) is 2.26. The van der Waals surface area contributed by atoms with Crippen LogP contribution >= 0.6 is 0 Å². The Balaban J connectivity index is 1.89. The third-order valence-electron chi connectivity index (χ3n) is 4.30. The monoisotopic (exact) mass is 318 g/mol. The van der Waals surface area contributed by atoms with E-state index in [1.807, 2.05) is 24.3 Å². The minimum absolute atomic E-state index is 0.529. The van der Waals surface area contributed by atoms with Crippen molar-refractivity contribution in [3.63, 3.8) is 0 Å². The molecule has 0 spiro atoms. The Morgan fingerprint density at radius 2 is 1.54 bits per heavy atom. The summed E-state index contributed by atoms with van der Waals surface area (Å²) in [5.41, 5.74) is 1.30. The molecule has 1 N–H and O–H groups in total. The maximum Gasteiger partial charge on any atom is 0.176 e. The van der Waals surface area contributed by atoms with E-state index >= 15 is 0 Å². The van der Waals surface area contributed by atoms with Gasteiger partial charge >= 0.3 is 0 Å². The van der Waals surface area contributed by atoms with Crippen LogP contribution in [0.25, 0.3) is 0 Å². The molecule has 1 aliphatic heterocycles. The van der Waals surface area contributed by atoms with Crippen LogP contribution < -0.4 is 4.90 Å². The average Bonchev–Trinajstić information content (AvgIpc) is 2.68. The Hall–Kier alpha value is -2.79. The molecule has 1 saturated heterocycles. The van der Waals surface area contributed by atoms with E-state index < -0.39 is 5.60 Å². The average molecular weight is 318 g/mol. The molecule has 0 aromatic heterocycles. The van der Waals surface area contributed by atoms with Crippen LogP contribution in [0, 0.1) is 23.7 Å². The number of rotatable bonds is 3. The van der Waals surface area contributed by atoms with Crippen LogP contribution in [0.5, 0.6) is 0 Å². The Labute approximate surface area is 141 Å². The van der Waals surface area contributed by atoms with Crippen molar-refractivity contribution in [1.29, 1.82) is 5.26 Å². The van der Waals surface area contributed by atoms with E-state index in [0.717, 1.165) is 32.0 Å². The first kappa shape index (κ1) is 16.1. The highest BCUT2D eigenvalue weighted by atomic mass is 16.5. The van der Waals surface area contributed by atoms with Crippen LogP contribution in [0.1, 0.15) is 16.7 Å². The van der Waals surface area contributed by atoms with Crippen molar-refractivity contribution in [2.45, 2.75) is 5.60 Å². The van der Waals surface area contributed by atoms with Gasteiger partial charge in [-0.15, -0.1) is 6.42 Å². The summed E-state index contributed by atoms with van der Waals surface area (Å²) < 4.78 is 5.36. The molecule has 1 fully saturated rings. The second-order valence-corrected chi connectivity index (χ2v) is 5.69. The summed E-state index contributed by atoms with van der Waals surface area (Å²) >= 11 is 0. The molecule has 0 saturated carbocycles. The zero-order valence-electron chi connectivity index (χ0n) is 13.3. The number of nitriles is 1. The van der Waals surface area contributed by atoms with Gasteiger partial charge in [-0.05, 0) is 24.3 Å². The quantitative estimate of drug-likeness (QED) is 0.882. The van der Waals surface area contributed by atoms with Crippen LogP contribution in [-0.2, 0) is 10.3 Å². The lowest BCUT2D eigenvalue weighted by Crippen LogP contribution is -2.36. The van der Waals surface area contributed by atoms with Gasteiger partial charge in [-0.2, -0.15) is 5.26 Å².